The molecule has 2 aromatic heterocycles. The van der Waals surface area contributed by atoms with E-state index in [0.717, 1.165) is 16.6 Å². The minimum Gasteiger partial charge on any atom is -0.490 e. The van der Waals surface area contributed by atoms with E-state index in [1.54, 1.807) is 50.8 Å². The summed E-state index contributed by atoms with van der Waals surface area (Å²) in [5.41, 5.74) is 1.37. The van der Waals surface area contributed by atoms with Crippen LogP contribution in [0.1, 0.15) is 130 Å². The maximum Gasteiger partial charge on any atom is 0.419 e. The summed E-state index contributed by atoms with van der Waals surface area (Å²) >= 11 is 0. The maximum atomic E-state index is 14.4. The number of hydrogen-bond acceptors (Lipinski definition) is 9. The average Bonchev–Trinajstić information content (AvgIpc) is 3.66. The Hall–Kier alpha value is -5.66. The van der Waals surface area contributed by atoms with Gasteiger partial charge in [-0.2, -0.15) is 0 Å². The first-order valence-electron chi connectivity index (χ1n) is 19.7. The fourth-order valence-electron chi connectivity index (χ4n) is 7.75. The highest BCUT2D eigenvalue weighted by molar-refractivity contribution is 6.07. The lowest BCUT2D eigenvalue weighted by atomic mass is 9.75. The topological polar surface area (TPSA) is 171 Å². The Balaban J connectivity index is 1.25. The van der Waals surface area contributed by atoms with Gasteiger partial charge in [0.15, 0.2) is 5.78 Å². The Bertz CT molecular complexity index is 2170. The lowest BCUT2D eigenvalue weighted by molar-refractivity contribution is 0.0517. The van der Waals surface area contributed by atoms with E-state index in [2.05, 4.69) is 5.32 Å². The first kappa shape index (κ1) is 41.0. The molecule has 4 aromatic rings. The number of carboxylic acid groups (broad SMARTS) is 1. The summed E-state index contributed by atoms with van der Waals surface area (Å²) in [4.78, 5) is 73.7. The second kappa shape index (κ2) is 16.4. The number of imidazole rings is 1. The van der Waals surface area contributed by atoms with E-state index in [1.165, 1.54) is 4.57 Å². The summed E-state index contributed by atoms with van der Waals surface area (Å²) in [5.74, 6) is -0.258. The first-order valence-corrected chi connectivity index (χ1v) is 19.7. The molecule has 2 aliphatic rings. The Morgan fingerprint density at radius 1 is 1.00 bits per heavy atom. The number of amides is 2. The summed E-state index contributed by atoms with van der Waals surface area (Å²) in [6.45, 7) is 13.8. The SMILES string of the molecule is CCCCC(NC(=O)c1c(C)c2c(n1C(=O)OC(C)(C)C)CC(C)(C)CC2=O)c1nc2ccc(OC3CCN(C(=O)OCc4ccccc4)CC3)cc2n1C(=O)O. The molecule has 0 bridgehead atoms. The third kappa shape index (κ3) is 9.16. The average molecular weight is 784 g/mol. The van der Waals surface area contributed by atoms with Crippen LogP contribution in [-0.4, -0.2) is 78.9 Å². The van der Waals surface area contributed by atoms with Crippen molar-refractivity contribution in [2.24, 2.45) is 5.41 Å². The normalized spacial score (nSPS) is 16.2. The number of hydrogen-bond donors (Lipinski definition) is 2. The van der Waals surface area contributed by atoms with Gasteiger partial charge in [-0.25, -0.2) is 28.5 Å². The van der Waals surface area contributed by atoms with Crippen LogP contribution in [0, 0.1) is 12.3 Å². The molecular weight excluding hydrogens is 730 g/mol. The summed E-state index contributed by atoms with van der Waals surface area (Å²) < 4.78 is 19.8. The van der Waals surface area contributed by atoms with Crippen LogP contribution in [0.5, 0.6) is 5.75 Å². The monoisotopic (exact) mass is 783 g/mol. The number of piperidine rings is 1. The second-order valence-electron chi connectivity index (χ2n) is 16.8. The number of ether oxygens (including phenoxy) is 3. The van der Waals surface area contributed by atoms with Gasteiger partial charge in [-0.1, -0.05) is 63.9 Å². The van der Waals surface area contributed by atoms with Gasteiger partial charge in [0.1, 0.15) is 35.6 Å². The Labute approximate surface area is 332 Å². The van der Waals surface area contributed by atoms with Crippen LogP contribution in [0.2, 0.25) is 0 Å². The predicted octanol–water partition coefficient (Wildman–Crippen LogP) is 8.45. The van der Waals surface area contributed by atoms with Crippen molar-refractivity contribution in [2.45, 2.75) is 118 Å². The Kier molecular flexibility index (Phi) is 11.8. The van der Waals surface area contributed by atoms with E-state index in [-0.39, 0.29) is 48.0 Å². The van der Waals surface area contributed by atoms with Gasteiger partial charge in [0.2, 0.25) is 0 Å². The van der Waals surface area contributed by atoms with Crippen molar-refractivity contribution in [3.63, 3.8) is 0 Å². The number of carbonyl (C=O) groups excluding carboxylic acids is 4. The number of Topliss-reactive ketones (excluding diaryl/α,β-unsaturated/α-hetero) is 1. The lowest BCUT2D eigenvalue weighted by Crippen LogP contribution is -2.42. The molecule has 304 valence electrons. The quantitative estimate of drug-likeness (QED) is 0.159. The third-order valence-corrected chi connectivity index (χ3v) is 10.4. The Morgan fingerprint density at radius 3 is 2.35 bits per heavy atom. The van der Waals surface area contributed by atoms with Gasteiger partial charge >= 0.3 is 18.3 Å². The molecule has 1 unspecified atom stereocenters. The zero-order chi connectivity index (χ0) is 41.2. The minimum absolute atomic E-state index is 0.0222. The van der Waals surface area contributed by atoms with Crippen LogP contribution in [-0.2, 0) is 22.5 Å². The van der Waals surface area contributed by atoms with Crippen LogP contribution in [0.4, 0.5) is 14.4 Å². The third-order valence-electron chi connectivity index (χ3n) is 10.4. The summed E-state index contributed by atoms with van der Waals surface area (Å²) in [6, 6.07) is 13.6. The highest BCUT2D eigenvalue weighted by Gasteiger charge is 2.41. The molecule has 14 nitrogen and oxygen atoms in total. The van der Waals surface area contributed by atoms with Gasteiger partial charge in [0.25, 0.3) is 5.91 Å². The zero-order valence-corrected chi connectivity index (χ0v) is 33.8. The van der Waals surface area contributed by atoms with Crippen molar-refractivity contribution in [3.8, 4) is 5.75 Å². The molecule has 1 fully saturated rings. The fraction of sp³-hybridized carbons (Fsp3) is 0.488. The van der Waals surface area contributed by atoms with E-state index in [1.807, 2.05) is 51.1 Å². The molecule has 57 heavy (non-hydrogen) atoms. The van der Waals surface area contributed by atoms with E-state index < -0.39 is 35.2 Å². The number of carbonyl (C=O) groups is 5. The Morgan fingerprint density at radius 2 is 1.70 bits per heavy atom. The zero-order valence-electron chi connectivity index (χ0n) is 33.8. The van der Waals surface area contributed by atoms with Crippen LogP contribution in [0.15, 0.2) is 48.5 Å². The smallest absolute Gasteiger partial charge is 0.419 e. The molecule has 1 aliphatic heterocycles. The molecule has 0 saturated carbocycles. The van der Waals surface area contributed by atoms with Gasteiger partial charge in [-0.05, 0) is 69.2 Å². The molecule has 2 amide bonds. The minimum atomic E-state index is -1.29. The molecule has 2 N–H and O–H groups in total. The van der Waals surface area contributed by atoms with Gasteiger partial charge in [0, 0.05) is 49.7 Å². The lowest BCUT2D eigenvalue weighted by Gasteiger charge is -2.31. The van der Waals surface area contributed by atoms with E-state index >= 15 is 0 Å². The number of nitrogens with zero attached hydrogens (tertiary/aromatic N) is 4. The molecule has 2 aromatic carbocycles. The van der Waals surface area contributed by atoms with Crippen LogP contribution in [0.25, 0.3) is 11.0 Å². The van der Waals surface area contributed by atoms with Crippen molar-refractivity contribution in [2.75, 3.05) is 13.1 Å². The first-order chi connectivity index (χ1) is 27.0. The number of benzene rings is 2. The number of unbranched alkanes of at least 4 members (excludes halogenated alkanes) is 1. The molecule has 3 heterocycles. The highest BCUT2D eigenvalue weighted by atomic mass is 16.6. The van der Waals surface area contributed by atoms with Crippen molar-refractivity contribution in [1.29, 1.82) is 0 Å². The van der Waals surface area contributed by atoms with Crippen molar-refractivity contribution >= 4 is 41.0 Å². The number of nitrogens with one attached hydrogen (secondary N) is 1. The second-order valence-corrected chi connectivity index (χ2v) is 16.8. The number of ketones is 1. The van der Waals surface area contributed by atoms with E-state index in [4.69, 9.17) is 19.2 Å². The van der Waals surface area contributed by atoms with Crippen molar-refractivity contribution < 1.29 is 43.3 Å². The summed E-state index contributed by atoms with van der Waals surface area (Å²) in [7, 11) is 0. The van der Waals surface area contributed by atoms with Crippen molar-refractivity contribution in [1.82, 2.24) is 24.3 Å². The predicted molar refractivity (Wildman–Crippen MR) is 212 cm³/mol. The van der Waals surface area contributed by atoms with Gasteiger partial charge < -0.3 is 29.5 Å². The largest absolute Gasteiger partial charge is 0.490 e. The fourth-order valence-corrected chi connectivity index (χ4v) is 7.75. The molecule has 14 heteroatoms. The number of rotatable bonds is 10. The highest BCUT2D eigenvalue weighted by Crippen LogP contribution is 2.39. The summed E-state index contributed by atoms with van der Waals surface area (Å²) in [6.07, 6.45) is 0.836. The van der Waals surface area contributed by atoms with Crippen LogP contribution >= 0.6 is 0 Å². The van der Waals surface area contributed by atoms with Gasteiger partial charge in [-0.3, -0.25) is 9.59 Å². The number of likely N-dealkylation sites (tertiary alicyclic amines) is 1. The molecule has 6 rings (SSSR count). The molecule has 1 saturated heterocycles. The van der Waals surface area contributed by atoms with Crippen LogP contribution < -0.4 is 10.1 Å². The van der Waals surface area contributed by atoms with Crippen molar-refractivity contribution in [3.05, 3.63) is 82.4 Å². The molecule has 1 aliphatic carbocycles. The standard InChI is InChI=1S/C43H53N5O9/c1-8-9-15-31(45-38(50)36-26(2)35-33(23-43(6,7)24-34(35)49)47(36)41(54)57-42(3,4)5)37-44-30-17-16-29(22-32(30)48(37)39(51)52)56-28-18-20-46(21-19-28)40(53)55-25-27-13-11-10-12-14-27/h10-14,16-17,22,28,31H,8-9,15,18-21,23-25H2,1-7H3,(H,45,50)(H,51,52). The molecule has 0 radical (unpaired) electrons. The molecule has 1 atom stereocenters. The molecule has 0 spiro atoms. The maximum absolute atomic E-state index is 14.4. The number of aromatic nitrogens is 3. The van der Waals surface area contributed by atoms with Gasteiger partial charge in [0.05, 0.1) is 17.1 Å². The van der Waals surface area contributed by atoms with Gasteiger partial charge in [-0.15, -0.1) is 0 Å². The molecular formula is C43H53N5O9. The van der Waals surface area contributed by atoms with E-state index in [9.17, 15) is 29.1 Å². The summed E-state index contributed by atoms with van der Waals surface area (Å²) in [5, 5.41) is 13.6. The van der Waals surface area contributed by atoms with E-state index in [0.29, 0.717) is 73.3 Å². The van der Waals surface area contributed by atoms with Crippen LogP contribution in [0.3, 0.4) is 0 Å². The number of fused-ring (bicyclic) bond motifs is 2.